The minimum Gasteiger partial charge on any atom is -0.493 e. The Bertz CT molecular complexity index is 612. The van der Waals surface area contributed by atoms with Gasteiger partial charge in [0.1, 0.15) is 6.10 Å². The van der Waals surface area contributed by atoms with Gasteiger partial charge in [-0.25, -0.2) is 0 Å². The molecule has 1 spiro atoms. The Labute approximate surface area is 124 Å². The Morgan fingerprint density at radius 2 is 2.29 bits per heavy atom. The fraction of sp³-hybridized carbons (Fsp3) is 0.529. The molecule has 4 atom stereocenters. The van der Waals surface area contributed by atoms with Crippen molar-refractivity contribution in [3.8, 4) is 11.5 Å². The molecule has 0 saturated carbocycles. The van der Waals surface area contributed by atoms with Crippen LogP contribution in [-0.4, -0.2) is 24.4 Å². The van der Waals surface area contributed by atoms with E-state index in [4.69, 9.17) is 15.2 Å². The zero-order chi connectivity index (χ0) is 14.6. The third kappa shape index (κ3) is 1.69. The van der Waals surface area contributed by atoms with Crippen LogP contribution in [0.3, 0.4) is 0 Å². The summed E-state index contributed by atoms with van der Waals surface area (Å²) in [6, 6.07) is 4.08. The predicted molar refractivity (Wildman–Crippen MR) is 79.6 cm³/mol. The van der Waals surface area contributed by atoms with E-state index in [1.165, 1.54) is 11.1 Å². The molecule has 2 aliphatic carbocycles. The van der Waals surface area contributed by atoms with Gasteiger partial charge in [0.25, 0.3) is 0 Å². The molecule has 0 fully saturated rings. The molecule has 1 aromatic rings. The highest BCUT2D eigenvalue weighted by molar-refractivity contribution is 5.61. The van der Waals surface area contributed by atoms with Crippen LogP contribution < -0.4 is 15.2 Å². The third-order valence-corrected chi connectivity index (χ3v) is 5.25. The van der Waals surface area contributed by atoms with E-state index in [2.05, 4.69) is 12.1 Å². The number of methoxy groups -OCH3 is 1. The second-order valence-corrected chi connectivity index (χ2v) is 6.37. The van der Waals surface area contributed by atoms with Crippen LogP contribution in [0.2, 0.25) is 0 Å². The van der Waals surface area contributed by atoms with E-state index in [0.29, 0.717) is 6.42 Å². The summed E-state index contributed by atoms with van der Waals surface area (Å²) in [4.78, 5) is 0. The number of hydrogen-bond acceptors (Lipinski definition) is 4. The van der Waals surface area contributed by atoms with Gasteiger partial charge in [-0.05, 0) is 24.5 Å². The van der Waals surface area contributed by atoms with Crippen LogP contribution in [0.4, 0.5) is 0 Å². The summed E-state index contributed by atoms with van der Waals surface area (Å²) < 4.78 is 11.7. The fourth-order valence-electron chi connectivity index (χ4n) is 4.22. The summed E-state index contributed by atoms with van der Waals surface area (Å²) in [7, 11) is 1.66. The molecule has 0 saturated heterocycles. The molecule has 4 heteroatoms. The Morgan fingerprint density at radius 1 is 1.43 bits per heavy atom. The molecular weight excluding hydrogens is 266 g/mol. The van der Waals surface area contributed by atoms with E-state index in [-0.39, 0.29) is 17.6 Å². The molecule has 4 rings (SSSR count). The van der Waals surface area contributed by atoms with Crippen molar-refractivity contribution in [2.45, 2.75) is 49.3 Å². The highest BCUT2D eigenvalue weighted by Crippen LogP contribution is 2.57. The average molecular weight is 287 g/mol. The highest BCUT2D eigenvalue weighted by Gasteiger charge is 2.52. The Balaban J connectivity index is 1.98. The van der Waals surface area contributed by atoms with Gasteiger partial charge in [-0.3, -0.25) is 0 Å². The van der Waals surface area contributed by atoms with E-state index >= 15 is 0 Å². The van der Waals surface area contributed by atoms with Gasteiger partial charge in [-0.1, -0.05) is 24.6 Å². The van der Waals surface area contributed by atoms with Gasteiger partial charge >= 0.3 is 0 Å². The predicted octanol–water partition coefficient (Wildman–Crippen LogP) is 2.20. The van der Waals surface area contributed by atoms with Gasteiger partial charge < -0.3 is 20.3 Å². The van der Waals surface area contributed by atoms with Crippen molar-refractivity contribution in [1.29, 1.82) is 0 Å². The van der Waals surface area contributed by atoms with Crippen LogP contribution in [0.25, 0.3) is 0 Å². The van der Waals surface area contributed by atoms with Crippen molar-refractivity contribution in [2.24, 2.45) is 5.73 Å². The van der Waals surface area contributed by atoms with Gasteiger partial charge in [-0.2, -0.15) is 0 Å². The number of aliphatic hydroxyl groups is 1. The molecule has 3 aliphatic rings. The smallest absolute Gasteiger partial charge is 0.166 e. The minimum atomic E-state index is -0.429. The van der Waals surface area contributed by atoms with Gasteiger partial charge in [-0.15, -0.1) is 0 Å². The number of aliphatic hydroxyl groups excluding tert-OH is 1. The van der Waals surface area contributed by atoms with Crippen molar-refractivity contribution in [1.82, 2.24) is 0 Å². The fourth-order valence-corrected chi connectivity index (χ4v) is 4.22. The molecule has 0 aromatic heterocycles. The number of benzene rings is 1. The lowest BCUT2D eigenvalue weighted by Crippen LogP contribution is -2.41. The summed E-state index contributed by atoms with van der Waals surface area (Å²) >= 11 is 0. The van der Waals surface area contributed by atoms with Crippen LogP contribution in [0.1, 0.15) is 42.9 Å². The number of nitrogens with two attached hydrogens (primary N) is 1. The largest absolute Gasteiger partial charge is 0.493 e. The molecule has 3 N–H and O–H groups in total. The summed E-state index contributed by atoms with van der Waals surface area (Å²) in [6.07, 6.45) is 7.31. The van der Waals surface area contributed by atoms with Crippen LogP contribution in [-0.2, 0) is 5.41 Å². The van der Waals surface area contributed by atoms with Crippen molar-refractivity contribution >= 4 is 0 Å². The Hall–Kier alpha value is -1.52. The van der Waals surface area contributed by atoms with Crippen LogP contribution in [0.15, 0.2) is 24.3 Å². The van der Waals surface area contributed by atoms with Crippen LogP contribution >= 0.6 is 0 Å². The van der Waals surface area contributed by atoms with Gasteiger partial charge in [0.05, 0.1) is 18.6 Å². The highest BCUT2D eigenvalue weighted by atomic mass is 16.5. The molecule has 0 amide bonds. The van der Waals surface area contributed by atoms with E-state index in [0.717, 1.165) is 30.8 Å². The first kappa shape index (κ1) is 13.2. The summed E-state index contributed by atoms with van der Waals surface area (Å²) in [5.41, 5.74) is 8.59. The normalized spacial score (nSPS) is 36.4. The number of ether oxygens (including phenoxy) is 2. The Morgan fingerprint density at radius 3 is 3.10 bits per heavy atom. The third-order valence-electron chi connectivity index (χ3n) is 5.25. The average Bonchev–Trinajstić information content (AvgIpc) is 2.73. The van der Waals surface area contributed by atoms with Crippen molar-refractivity contribution in [3.63, 3.8) is 0 Å². The topological polar surface area (TPSA) is 64.7 Å². The summed E-state index contributed by atoms with van der Waals surface area (Å²) in [5, 5.41) is 9.96. The zero-order valence-electron chi connectivity index (χ0n) is 12.2. The van der Waals surface area contributed by atoms with Gasteiger partial charge in [0.15, 0.2) is 11.5 Å². The first-order valence-electron chi connectivity index (χ1n) is 7.67. The first-order valence-corrected chi connectivity index (χ1v) is 7.67. The quantitative estimate of drug-likeness (QED) is 0.777. The second-order valence-electron chi connectivity index (χ2n) is 6.37. The molecule has 1 aromatic carbocycles. The summed E-state index contributed by atoms with van der Waals surface area (Å²) in [6.45, 7) is 0. The van der Waals surface area contributed by atoms with Crippen molar-refractivity contribution < 1.29 is 14.6 Å². The lowest BCUT2D eigenvalue weighted by Gasteiger charge is -2.35. The van der Waals surface area contributed by atoms with Crippen LogP contribution in [0.5, 0.6) is 11.5 Å². The maximum Gasteiger partial charge on any atom is 0.166 e. The van der Waals surface area contributed by atoms with E-state index in [9.17, 15) is 5.11 Å². The SMILES string of the molecule is COc1ccc2c3c1O[C@@H]1C[C@H](O)C=C[C@]31CCC[C@H]2N. The van der Waals surface area contributed by atoms with E-state index in [1.807, 2.05) is 12.1 Å². The summed E-state index contributed by atoms with van der Waals surface area (Å²) in [5.74, 6) is 1.59. The molecule has 4 nitrogen and oxygen atoms in total. The second kappa shape index (κ2) is 4.49. The molecule has 21 heavy (non-hydrogen) atoms. The maximum atomic E-state index is 9.96. The lowest BCUT2D eigenvalue weighted by molar-refractivity contribution is 0.0841. The molecule has 1 aliphatic heterocycles. The van der Waals surface area contributed by atoms with Crippen molar-refractivity contribution in [2.75, 3.05) is 7.11 Å². The maximum absolute atomic E-state index is 9.96. The van der Waals surface area contributed by atoms with E-state index in [1.54, 1.807) is 7.11 Å². The number of rotatable bonds is 1. The number of hydrogen-bond donors (Lipinski definition) is 2. The Kier molecular flexibility index (Phi) is 2.81. The van der Waals surface area contributed by atoms with Gasteiger partial charge in [0.2, 0.25) is 0 Å². The zero-order valence-corrected chi connectivity index (χ0v) is 12.2. The van der Waals surface area contributed by atoms with Crippen molar-refractivity contribution in [3.05, 3.63) is 35.4 Å². The molecule has 1 heterocycles. The molecule has 0 bridgehead atoms. The lowest BCUT2D eigenvalue weighted by atomic mass is 9.69. The molecular formula is C17H21NO3. The molecule has 0 unspecified atom stereocenters. The monoisotopic (exact) mass is 287 g/mol. The molecule has 112 valence electrons. The minimum absolute atomic E-state index is 0.0205. The van der Waals surface area contributed by atoms with Crippen LogP contribution in [0, 0.1) is 0 Å². The molecule has 0 radical (unpaired) electrons. The van der Waals surface area contributed by atoms with Gasteiger partial charge in [0, 0.05) is 18.0 Å². The first-order chi connectivity index (χ1) is 10.2. The standard InChI is InChI=1S/C17H21NO3/c1-20-13-5-4-11-12(18)3-2-7-17-8-6-10(19)9-14(17)21-16(13)15(11)17/h4-6,8,10,12,14,19H,2-3,7,9,18H2,1H3/t10-,12-,14-,17+/m1/s1. The van der Waals surface area contributed by atoms with E-state index < -0.39 is 6.10 Å².